The summed E-state index contributed by atoms with van der Waals surface area (Å²) in [5.74, 6) is 0.837. The smallest absolute Gasteiger partial charge is 0.0469 e. The molecular weight excluding hydrogens is 200 g/mol. The average Bonchev–Trinajstić information content (AvgIpc) is 2.23. The van der Waals surface area contributed by atoms with E-state index in [0.29, 0.717) is 0 Å². The Balaban J connectivity index is 1.87. The van der Waals surface area contributed by atoms with Gasteiger partial charge in [-0.2, -0.15) is 0 Å². The Labute approximate surface area is 100 Å². The summed E-state index contributed by atoms with van der Waals surface area (Å²) >= 11 is 0. The molecule has 16 heavy (non-hydrogen) atoms. The Morgan fingerprint density at radius 2 is 1.81 bits per heavy atom. The van der Waals surface area contributed by atoms with E-state index < -0.39 is 0 Å². The van der Waals surface area contributed by atoms with Crippen LogP contribution in [-0.2, 0) is 4.74 Å². The summed E-state index contributed by atoms with van der Waals surface area (Å²) in [6.07, 6.45) is 3.67. The minimum atomic E-state index is 0.251. The van der Waals surface area contributed by atoms with Crippen LogP contribution < -0.4 is 10.6 Å². The molecule has 1 aliphatic rings. The van der Waals surface area contributed by atoms with Crippen LogP contribution in [0.1, 0.15) is 40.0 Å². The molecule has 0 atom stereocenters. The maximum absolute atomic E-state index is 5.34. The Morgan fingerprint density at radius 1 is 1.12 bits per heavy atom. The Kier molecular flexibility index (Phi) is 6.32. The lowest BCUT2D eigenvalue weighted by molar-refractivity contribution is 0.0663. The second kappa shape index (κ2) is 7.25. The minimum absolute atomic E-state index is 0.251. The van der Waals surface area contributed by atoms with E-state index in [0.717, 1.165) is 32.2 Å². The normalized spacial score (nSPS) is 18.9. The molecule has 3 heteroatoms. The van der Waals surface area contributed by atoms with Gasteiger partial charge in [0, 0.05) is 18.8 Å². The van der Waals surface area contributed by atoms with E-state index in [9.17, 15) is 0 Å². The van der Waals surface area contributed by atoms with Crippen molar-refractivity contribution in [1.82, 2.24) is 10.6 Å². The van der Waals surface area contributed by atoms with E-state index in [4.69, 9.17) is 4.74 Å². The monoisotopic (exact) mass is 228 g/mol. The van der Waals surface area contributed by atoms with E-state index in [2.05, 4.69) is 31.4 Å². The van der Waals surface area contributed by atoms with Crippen LogP contribution >= 0.6 is 0 Å². The highest BCUT2D eigenvalue weighted by Gasteiger charge is 2.12. The molecule has 1 heterocycles. The Morgan fingerprint density at radius 3 is 2.44 bits per heavy atom. The molecule has 0 unspecified atom stereocenters. The van der Waals surface area contributed by atoms with Gasteiger partial charge in [0.1, 0.15) is 0 Å². The van der Waals surface area contributed by atoms with Crippen molar-refractivity contribution >= 4 is 0 Å². The molecule has 0 aromatic heterocycles. The van der Waals surface area contributed by atoms with Crippen molar-refractivity contribution in [2.24, 2.45) is 5.92 Å². The topological polar surface area (TPSA) is 33.3 Å². The summed E-state index contributed by atoms with van der Waals surface area (Å²) in [6, 6.07) is 0. The average molecular weight is 228 g/mol. The number of hydrogen-bond donors (Lipinski definition) is 2. The van der Waals surface area contributed by atoms with Crippen LogP contribution in [0.3, 0.4) is 0 Å². The lowest BCUT2D eigenvalue weighted by Gasteiger charge is -2.23. The van der Waals surface area contributed by atoms with Gasteiger partial charge in [0.2, 0.25) is 0 Å². The van der Waals surface area contributed by atoms with Crippen LogP contribution in [0.15, 0.2) is 0 Å². The summed E-state index contributed by atoms with van der Waals surface area (Å²) in [6.45, 7) is 11.9. The van der Waals surface area contributed by atoms with E-state index in [1.54, 1.807) is 0 Å². The van der Waals surface area contributed by atoms with Crippen molar-refractivity contribution in [2.45, 2.75) is 45.6 Å². The predicted molar refractivity (Wildman–Crippen MR) is 68.8 cm³/mol. The maximum atomic E-state index is 5.34. The van der Waals surface area contributed by atoms with Crippen LogP contribution in [0.4, 0.5) is 0 Å². The van der Waals surface area contributed by atoms with Gasteiger partial charge in [0.05, 0.1) is 0 Å². The van der Waals surface area contributed by atoms with Crippen molar-refractivity contribution in [3.63, 3.8) is 0 Å². The van der Waals surface area contributed by atoms with Crippen molar-refractivity contribution in [3.05, 3.63) is 0 Å². The van der Waals surface area contributed by atoms with Gasteiger partial charge in [0.15, 0.2) is 0 Å². The molecule has 2 N–H and O–H groups in total. The molecule has 0 bridgehead atoms. The summed E-state index contributed by atoms with van der Waals surface area (Å²) in [4.78, 5) is 0. The summed E-state index contributed by atoms with van der Waals surface area (Å²) in [5.41, 5.74) is 0.251. The van der Waals surface area contributed by atoms with Crippen molar-refractivity contribution in [3.8, 4) is 0 Å². The molecule has 1 aliphatic heterocycles. The molecule has 1 saturated heterocycles. The lowest BCUT2D eigenvalue weighted by atomic mass is 10.0. The highest BCUT2D eigenvalue weighted by molar-refractivity contribution is 4.70. The fourth-order valence-electron chi connectivity index (χ4n) is 1.93. The van der Waals surface area contributed by atoms with E-state index in [1.165, 1.54) is 25.8 Å². The van der Waals surface area contributed by atoms with E-state index >= 15 is 0 Å². The zero-order valence-corrected chi connectivity index (χ0v) is 11.1. The Bertz CT molecular complexity index is 171. The SMILES string of the molecule is CC(C)(C)NCCCNCC1CCOCC1. The molecule has 0 amide bonds. The first-order chi connectivity index (χ1) is 7.58. The third kappa shape index (κ3) is 7.20. The molecular formula is C13H28N2O. The highest BCUT2D eigenvalue weighted by Crippen LogP contribution is 2.12. The van der Waals surface area contributed by atoms with Crippen LogP contribution in [0.25, 0.3) is 0 Å². The fraction of sp³-hybridized carbons (Fsp3) is 1.00. The lowest BCUT2D eigenvalue weighted by Crippen LogP contribution is -2.37. The zero-order chi connectivity index (χ0) is 11.9. The first-order valence-electron chi connectivity index (χ1n) is 6.61. The fourth-order valence-corrected chi connectivity index (χ4v) is 1.93. The summed E-state index contributed by atoms with van der Waals surface area (Å²) in [7, 11) is 0. The molecule has 0 aliphatic carbocycles. The van der Waals surface area contributed by atoms with Crippen molar-refractivity contribution in [1.29, 1.82) is 0 Å². The first kappa shape index (κ1) is 13.9. The number of ether oxygens (including phenoxy) is 1. The molecule has 0 saturated carbocycles. The molecule has 0 spiro atoms. The van der Waals surface area contributed by atoms with Gasteiger partial charge < -0.3 is 15.4 Å². The number of nitrogens with one attached hydrogen (secondary N) is 2. The van der Waals surface area contributed by atoms with Gasteiger partial charge in [0.25, 0.3) is 0 Å². The largest absolute Gasteiger partial charge is 0.381 e. The zero-order valence-electron chi connectivity index (χ0n) is 11.1. The van der Waals surface area contributed by atoms with Crippen molar-refractivity contribution < 1.29 is 4.74 Å². The second-order valence-corrected chi connectivity index (χ2v) is 5.79. The van der Waals surface area contributed by atoms with Gasteiger partial charge >= 0.3 is 0 Å². The molecule has 0 radical (unpaired) electrons. The van der Waals surface area contributed by atoms with E-state index in [-0.39, 0.29) is 5.54 Å². The molecule has 0 aromatic carbocycles. The van der Waals surface area contributed by atoms with Gasteiger partial charge in [-0.05, 0) is 65.6 Å². The highest BCUT2D eigenvalue weighted by atomic mass is 16.5. The van der Waals surface area contributed by atoms with Crippen LogP contribution in [0.2, 0.25) is 0 Å². The van der Waals surface area contributed by atoms with Gasteiger partial charge in [-0.15, -0.1) is 0 Å². The summed E-state index contributed by atoms with van der Waals surface area (Å²) in [5, 5.41) is 7.05. The molecule has 0 aromatic rings. The molecule has 96 valence electrons. The van der Waals surface area contributed by atoms with Gasteiger partial charge in [-0.25, -0.2) is 0 Å². The van der Waals surface area contributed by atoms with Crippen molar-refractivity contribution in [2.75, 3.05) is 32.8 Å². The van der Waals surface area contributed by atoms with Crippen LogP contribution in [0.5, 0.6) is 0 Å². The van der Waals surface area contributed by atoms with Crippen LogP contribution in [-0.4, -0.2) is 38.4 Å². The standard InChI is InChI=1S/C13H28N2O/c1-13(2,3)15-8-4-7-14-11-12-5-9-16-10-6-12/h12,14-15H,4-11H2,1-3H3. The maximum Gasteiger partial charge on any atom is 0.0469 e. The van der Waals surface area contributed by atoms with Gasteiger partial charge in [-0.3, -0.25) is 0 Å². The quantitative estimate of drug-likeness (QED) is 0.680. The number of hydrogen-bond acceptors (Lipinski definition) is 3. The third-order valence-electron chi connectivity index (χ3n) is 2.96. The predicted octanol–water partition coefficient (Wildman–Crippen LogP) is 1.78. The van der Waals surface area contributed by atoms with Gasteiger partial charge in [-0.1, -0.05) is 0 Å². The molecule has 1 fully saturated rings. The minimum Gasteiger partial charge on any atom is -0.381 e. The summed E-state index contributed by atoms with van der Waals surface area (Å²) < 4.78 is 5.34. The first-order valence-corrected chi connectivity index (χ1v) is 6.61. The number of rotatable bonds is 6. The molecule has 3 nitrogen and oxygen atoms in total. The van der Waals surface area contributed by atoms with E-state index in [1.807, 2.05) is 0 Å². The van der Waals surface area contributed by atoms with Crippen LogP contribution in [0, 0.1) is 5.92 Å². The Hall–Kier alpha value is -0.120. The molecule has 1 rings (SSSR count). The third-order valence-corrected chi connectivity index (χ3v) is 2.96. The second-order valence-electron chi connectivity index (χ2n) is 5.79.